The summed E-state index contributed by atoms with van der Waals surface area (Å²) < 4.78 is 39.6. The first-order valence-electron chi connectivity index (χ1n) is 8.99. The van der Waals surface area contributed by atoms with Gasteiger partial charge in [0.2, 0.25) is 0 Å². The van der Waals surface area contributed by atoms with Crippen LogP contribution >= 0.6 is 23.2 Å². The zero-order valence-corrected chi connectivity index (χ0v) is 17.6. The Labute approximate surface area is 185 Å². The molecule has 2 atom stereocenters. The van der Waals surface area contributed by atoms with E-state index in [1.807, 2.05) is 0 Å². The van der Waals surface area contributed by atoms with Gasteiger partial charge >= 0.3 is 6.18 Å². The van der Waals surface area contributed by atoms with Crippen molar-refractivity contribution in [3.63, 3.8) is 0 Å². The fourth-order valence-corrected chi connectivity index (χ4v) is 3.64. The first kappa shape index (κ1) is 23.1. The van der Waals surface area contributed by atoms with Crippen molar-refractivity contribution in [2.45, 2.75) is 31.3 Å². The Bertz CT molecular complexity index is 1060. The van der Waals surface area contributed by atoms with Gasteiger partial charge in [0.25, 0.3) is 5.91 Å². The van der Waals surface area contributed by atoms with E-state index in [0.29, 0.717) is 5.02 Å². The van der Waals surface area contributed by atoms with Gasteiger partial charge in [-0.05, 0) is 43.3 Å². The smallest absolute Gasteiger partial charge is 0.381 e. The monoisotopic (exact) mass is 472 g/mol. The van der Waals surface area contributed by atoms with Gasteiger partial charge in [-0.3, -0.25) is 4.79 Å². The average molecular weight is 473 g/mol. The van der Waals surface area contributed by atoms with Crippen molar-refractivity contribution in [2.24, 2.45) is 0 Å². The summed E-state index contributed by atoms with van der Waals surface area (Å²) in [6, 6.07) is 7.36. The number of nitrogens with zero attached hydrogens (tertiary/aromatic N) is 3. The maximum Gasteiger partial charge on any atom is 0.416 e. The molecule has 0 unspecified atom stereocenters. The minimum atomic E-state index is -4.51. The summed E-state index contributed by atoms with van der Waals surface area (Å²) in [5.74, 6) is -0.664. The zero-order valence-electron chi connectivity index (χ0n) is 16.1. The molecule has 1 amide bonds. The summed E-state index contributed by atoms with van der Waals surface area (Å²) in [6.07, 6.45) is -1.83. The van der Waals surface area contributed by atoms with Crippen LogP contribution in [0.5, 0.6) is 0 Å². The highest BCUT2D eigenvalue weighted by molar-refractivity contribution is 6.35. The van der Waals surface area contributed by atoms with Gasteiger partial charge in [-0.25, -0.2) is 9.67 Å². The number of carbonyl (C=O) groups excluding carboxylic acids is 1. The van der Waals surface area contributed by atoms with Gasteiger partial charge in [-0.2, -0.15) is 18.3 Å². The minimum absolute atomic E-state index is 0.00478. The summed E-state index contributed by atoms with van der Waals surface area (Å²) in [4.78, 5) is 16.5. The van der Waals surface area contributed by atoms with Crippen molar-refractivity contribution in [1.82, 2.24) is 20.1 Å². The number of rotatable bonds is 6. The van der Waals surface area contributed by atoms with Crippen LogP contribution in [0.15, 0.2) is 55.1 Å². The third-order valence-electron chi connectivity index (χ3n) is 4.81. The predicted octanol–water partition coefficient (Wildman–Crippen LogP) is 4.31. The van der Waals surface area contributed by atoms with E-state index in [1.54, 1.807) is 13.0 Å². The van der Waals surface area contributed by atoms with Gasteiger partial charge in [-0.15, -0.1) is 0 Å². The summed E-state index contributed by atoms with van der Waals surface area (Å²) in [7, 11) is 0. The van der Waals surface area contributed by atoms with Crippen LogP contribution in [0.1, 0.15) is 28.4 Å². The molecule has 6 nitrogen and oxygen atoms in total. The van der Waals surface area contributed by atoms with Crippen LogP contribution < -0.4 is 5.32 Å². The van der Waals surface area contributed by atoms with Gasteiger partial charge in [0, 0.05) is 21.2 Å². The van der Waals surface area contributed by atoms with E-state index in [2.05, 4.69) is 15.4 Å². The number of hydrogen-bond donors (Lipinski definition) is 2. The van der Waals surface area contributed by atoms with Gasteiger partial charge in [0.05, 0.1) is 18.2 Å². The molecule has 3 rings (SSSR count). The minimum Gasteiger partial charge on any atom is -0.381 e. The Morgan fingerprint density at radius 1 is 1.19 bits per heavy atom. The fourth-order valence-electron chi connectivity index (χ4n) is 3.07. The first-order valence-corrected chi connectivity index (χ1v) is 9.75. The quantitative estimate of drug-likeness (QED) is 0.560. The number of aromatic nitrogens is 3. The summed E-state index contributed by atoms with van der Waals surface area (Å²) in [5, 5.41) is 18.7. The third-order valence-corrected chi connectivity index (χ3v) is 5.35. The topological polar surface area (TPSA) is 80.0 Å². The highest BCUT2D eigenvalue weighted by Gasteiger charge is 2.39. The molecule has 0 spiro atoms. The highest BCUT2D eigenvalue weighted by Crippen LogP contribution is 2.35. The van der Waals surface area contributed by atoms with E-state index in [-0.39, 0.29) is 22.7 Å². The number of aliphatic hydroxyl groups is 1. The van der Waals surface area contributed by atoms with Crippen LogP contribution in [0.3, 0.4) is 0 Å². The van der Waals surface area contributed by atoms with E-state index in [0.717, 1.165) is 24.3 Å². The van der Waals surface area contributed by atoms with E-state index < -0.39 is 29.3 Å². The number of benzene rings is 2. The number of nitrogens with one attached hydrogen (secondary N) is 1. The average Bonchev–Trinajstić information content (AvgIpc) is 3.19. The zero-order chi connectivity index (χ0) is 22.8. The maximum absolute atomic E-state index is 12.8. The normalized spacial score (nSPS) is 14.7. The van der Waals surface area contributed by atoms with E-state index >= 15 is 0 Å². The molecule has 0 bridgehead atoms. The van der Waals surface area contributed by atoms with Crippen LogP contribution in [0.4, 0.5) is 13.2 Å². The highest BCUT2D eigenvalue weighted by atomic mass is 35.5. The molecule has 0 radical (unpaired) electrons. The van der Waals surface area contributed by atoms with Crippen LogP contribution in [0.2, 0.25) is 10.0 Å². The Morgan fingerprint density at radius 3 is 2.42 bits per heavy atom. The summed E-state index contributed by atoms with van der Waals surface area (Å²) in [5.41, 5.74) is -2.32. The standard InChI is InChI=1S/C20H17Cl2F3N4O2/c1-12(28-18(30)13-2-4-14(5-3-13)20(23,24)25)19(31,9-29-11-26-10-27-29)16-7-6-15(21)8-17(16)22/h2-8,10-12,31H,9H2,1H3,(H,28,30)/t12-,19-/m1/s1. The van der Waals surface area contributed by atoms with Crippen molar-refractivity contribution in [3.8, 4) is 0 Å². The molecule has 0 fully saturated rings. The number of hydrogen-bond acceptors (Lipinski definition) is 4. The molecule has 3 aromatic rings. The molecule has 11 heteroatoms. The van der Waals surface area contributed by atoms with Crippen molar-refractivity contribution in [3.05, 3.63) is 81.9 Å². The van der Waals surface area contributed by atoms with Crippen LogP contribution in [-0.2, 0) is 18.3 Å². The maximum atomic E-state index is 12.8. The lowest BCUT2D eigenvalue weighted by Gasteiger charge is -2.35. The molecule has 0 saturated carbocycles. The number of halogens is 5. The molecule has 0 saturated heterocycles. The SMILES string of the molecule is C[C@@H](NC(=O)c1ccc(C(F)(F)F)cc1)[C@](O)(Cn1cncn1)c1ccc(Cl)cc1Cl. The molecule has 0 aliphatic heterocycles. The van der Waals surface area contributed by atoms with Gasteiger partial charge in [0.1, 0.15) is 18.3 Å². The van der Waals surface area contributed by atoms with Crippen molar-refractivity contribution in [1.29, 1.82) is 0 Å². The predicted molar refractivity (Wildman–Crippen MR) is 109 cm³/mol. The lowest BCUT2D eigenvalue weighted by Crippen LogP contribution is -2.51. The van der Waals surface area contributed by atoms with Crippen LogP contribution in [0, 0.1) is 0 Å². The van der Waals surface area contributed by atoms with Gasteiger partial charge < -0.3 is 10.4 Å². The first-order chi connectivity index (χ1) is 14.5. The molecular formula is C20H17Cl2F3N4O2. The number of alkyl halides is 3. The largest absolute Gasteiger partial charge is 0.416 e. The molecule has 2 aromatic carbocycles. The second-order valence-electron chi connectivity index (χ2n) is 6.91. The fraction of sp³-hybridized carbons (Fsp3) is 0.250. The molecule has 31 heavy (non-hydrogen) atoms. The van der Waals surface area contributed by atoms with Crippen LogP contribution in [0.25, 0.3) is 0 Å². The van der Waals surface area contributed by atoms with Gasteiger partial charge in [-0.1, -0.05) is 29.3 Å². The van der Waals surface area contributed by atoms with E-state index in [1.165, 1.54) is 29.5 Å². The van der Waals surface area contributed by atoms with Gasteiger partial charge in [0.15, 0.2) is 0 Å². The number of amides is 1. The van der Waals surface area contributed by atoms with Crippen molar-refractivity contribution in [2.75, 3.05) is 0 Å². The molecule has 1 heterocycles. The Kier molecular flexibility index (Phi) is 6.59. The molecule has 0 aliphatic rings. The second kappa shape index (κ2) is 8.86. The second-order valence-corrected chi connectivity index (χ2v) is 7.76. The molecule has 2 N–H and O–H groups in total. The van der Waals surface area contributed by atoms with E-state index in [9.17, 15) is 23.1 Å². The molecule has 0 aliphatic carbocycles. The molecular weight excluding hydrogens is 456 g/mol. The summed E-state index contributed by atoms with van der Waals surface area (Å²) in [6.45, 7) is 1.44. The van der Waals surface area contributed by atoms with E-state index in [4.69, 9.17) is 23.2 Å². The van der Waals surface area contributed by atoms with Crippen molar-refractivity contribution < 1.29 is 23.1 Å². The molecule has 1 aromatic heterocycles. The van der Waals surface area contributed by atoms with Crippen molar-refractivity contribution >= 4 is 29.1 Å². The Balaban J connectivity index is 1.89. The Morgan fingerprint density at radius 2 is 1.87 bits per heavy atom. The lowest BCUT2D eigenvalue weighted by atomic mass is 9.86. The summed E-state index contributed by atoms with van der Waals surface area (Å²) >= 11 is 12.3. The number of carbonyl (C=O) groups is 1. The van der Waals surface area contributed by atoms with Crippen LogP contribution in [-0.4, -0.2) is 31.8 Å². The Hall–Kier alpha value is -2.62. The molecule has 164 valence electrons. The third kappa shape index (κ3) is 5.17. The lowest BCUT2D eigenvalue weighted by molar-refractivity contribution is -0.137.